The summed E-state index contributed by atoms with van der Waals surface area (Å²) in [6.07, 6.45) is 2.47. The minimum Gasteiger partial charge on any atom is -0.353 e. The lowest BCUT2D eigenvalue weighted by molar-refractivity contribution is -0.121. The summed E-state index contributed by atoms with van der Waals surface area (Å²) in [5.41, 5.74) is 3.90. The molecule has 0 aliphatic heterocycles. The molecule has 4 rings (SSSR count). The van der Waals surface area contributed by atoms with Gasteiger partial charge in [-0.1, -0.05) is 24.3 Å². The molecule has 31 heavy (non-hydrogen) atoms. The molecule has 0 radical (unpaired) electrons. The van der Waals surface area contributed by atoms with E-state index in [-0.39, 0.29) is 42.8 Å². The number of carbonyl (C=O) groups excluding carboxylic acids is 2. The molecule has 2 aromatic carbocycles. The number of carbonyl (C=O) groups is 2. The molecule has 3 aromatic rings. The number of aryl methyl sites for hydroxylation is 3. The van der Waals surface area contributed by atoms with Gasteiger partial charge in [-0.25, -0.2) is 4.98 Å². The van der Waals surface area contributed by atoms with Crippen LogP contribution in [0.1, 0.15) is 36.1 Å². The van der Waals surface area contributed by atoms with E-state index in [1.165, 1.54) is 4.57 Å². The van der Waals surface area contributed by atoms with Crippen molar-refractivity contribution in [3.8, 4) is 0 Å². The number of aromatic nitrogens is 2. The number of nitrogens with one attached hydrogen (secondary N) is 2. The molecule has 0 bridgehead atoms. The van der Waals surface area contributed by atoms with Crippen LogP contribution >= 0.6 is 0 Å². The van der Waals surface area contributed by atoms with Gasteiger partial charge in [0.1, 0.15) is 12.2 Å². The second kappa shape index (κ2) is 8.71. The Kier molecular flexibility index (Phi) is 5.84. The maximum Gasteiger partial charge on any atom is 0.273 e. The number of hydrogen-bond acceptors (Lipinski definition) is 4. The Morgan fingerprint density at radius 3 is 2.65 bits per heavy atom. The largest absolute Gasteiger partial charge is 0.353 e. The van der Waals surface area contributed by atoms with E-state index < -0.39 is 0 Å². The predicted octanol–water partition coefficient (Wildman–Crippen LogP) is 2.86. The van der Waals surface area contributed by atoms with Crippen LogP contribution in [0.2, 0.25) is 0 Å². The van der Waals surface area contributed by atoms with Crippen molar-refractivity contribution in [1.29, 1.82) is 0 Å². The van der Waals surface area contributed by atoms with Gasteiger partial charge in [0, 0.05) is 24.6 Å². The molecule has 160 valence electrons. The topological polar surface area (TPSA) is 93.1 Å². The van der Waals surface area contributed by atoms with Crippen molar-refractivity contribution < 1.29 is 9.59 Å². The normalized spacial score (nSPS) is 13.2. The Morgan fingerprint density at radius 2 is 1.87 bits per heavy atom. The van der Waals surface area contributed by atoms with Gasteiger partial charge >= 0.3 is 0 Å². The number of hydrogen-bond donors (Lipinski definition) is 2. The number of rotatable bonds is 7. The van der Waals surface area contributed by atoms with Crippen LogP contribution in [0.25, 0.3) is 11.0 Å². The standard InChI is InChI=1S/C24H26N4O3/c1-15-7-8-16(2)20(13-15)27-23(30)14-28-21-6-4-3-5-18(21)26-19(24(28)31)11-12-22(29)25-17-9-10-17/h3-8,13,17H,9-12,14H2,1-2H3,(H,25,29)(H,27,30). The molecule has 1 aliphatic carbocycles. The Balaban J connectivity index is 1.58. The third-order valence-electron chi connectivity index (χ3n) is 5.42. The van der Waals surface area contributed by atoms with Gasteiger partial charge in [0.05, 0.1) is 11.0 Å². The van der Waals surface area contributed by atoms with Gasteiger partial charge in [0.2, 0.25) is 11.8 Å². The number of fused-ring (bicyclic) bond motifs is 1. The van der Waals surface area contributed by atoms with Crippen LogP contribution in [-0.4, -0.2) is 27.4 Å². The Morgan fingerprint density at radius 1 is 1.10 bits per heavy atom. The first-order chi connectivity index (χ1) is 14.9. The van der Waals surface area contributed by atoms with Gasteiger partial charge in [-0.2, -0.15) is 0 Å². The molecule has 1 heterocycles. The van der Waals surface area contributed by atoms with Gasteiger partial charge in [-0.15, -0.1) is 0 Å². The molecular formula is C24H26N4O3. The smallest absolute Gasteiger partial charge is 0.273 e. The summed E-state index contributed by atoms with van der Waals surface area (Å²) in [6.45, 7) is 3.76. The molecule has 0 atom stereocenters. The minimum atomic E-state index is -0.339. The van der Waals surface area contributed by atoms with E-state index in [1.54, 1.807) is 6.07 Å². The van der Waals surface area contributed by atoms with Gasteiger partial charge < -0.3 is 10.6 Å². The zero-order valence-electron chi connectivity index (χ0n) is 17.8. The quantitative estimate of drug-likeness (QED) is 0.617. The van der Waals surface area contributed by atoms with Crippen LogP contribution < -0.4 is 16.2 Å². The van der Waals surface area contributed by atoms with Crippen LogP contribution in [0.5, 0.6) is 0 Å². The van der Waals surface area contributed by atoms with Gasteiger partial charge in [-0.05, 0) is 56.0 Å². The summed E-state index contributed by atoms with van der Waals surface area (Å²) >= 11 is 0. The van der Waals surface area contributed by atoms with E-state index in [9.17, 15) is 14.4 Å². The number of amides is 2. The lowest BCUT2D eigenvalue weighted by atomic mass is 10.1. The first kappa shape index (κ1) is 20.8. The highest BCUT2D eigenvalue weighted by molar-refractivity contribution is 5.92. The van der Waals surface area contributed by atoms with Crippen LogP contribution in [0.3, 0.4) is 0 Å². The van der Waals surface area contributed by atoms with E-state index in [1.807, 2.05) is 50.2 Å². The summed E-state index contributed by atoms with van der Waals surface area (Å²) in [7, 11) is 0. The lowest BCUT2D eigenvalue weighted by Crippen LogP contribution is -2.32. The third-order valence-corrected chi connectivity index (χ3v) is 5.42. The Hall–Kier alpha value is -3.48. The van der Waals surface area contributed by atoms with Crippen molar-refractivity contribution in [3.05, 3.63) is 69.6 Å². The Labute approximate surface area is 180 Å². The fourth-order valence-corrected chi connectivity index (χ4v) is 3.53. The van der Waals surface area contributed by atoms with E-state index in [2.05, 4.69) is 15.6 Å². The Bertz CT molecular complexity index is 1210. The van der Waals surface area contributed by atoms with Gasteiger partial charge in [-0.3, -0.25) is 19.0 Å². The molecular weight excluding hydrogens is 392 g/mol. The van der Waals surface area contributed by atoms with Crippen molar-refractivity contribution in [2.45, 2.75) is 52.1 Å². The van der Waals surface area contributed by atoms with Crippen LogP contribution in [0, 0.1) is 13.8 Å². The molecule has 1 aromatic heterocycles. The van der Waals surface area contributed by atoms with Crippen molar-refractivity contribution in [2.75, 3.05) is 5.32 Å². The van der Waals surface area contributed by atoms with E-state index in [0.29, 0.717) is 16.7 Å². The first-order valence-corrected chi connectivity index (χ1v) is 10.6. The van der Waals surface area contributed by atoms with Crippen molar-refractivity contribution >= 4 is 28.5 Å². The maximum atomic E-state index is 13.1. The van der Waals surface area contributed by atoms with Crippen LogP contribution in [0.15, 0.2) is 47.3 Å². The molecule has 1 saturated carbocycles. The minimum absolute atomic E-state index is 0.0731. The number of benzene rings is 2. The molecule has 2 amide bonds. The summed E-state index contributed by atoms with van der Waals surface area (Å²) in [4.78, 5) is 42.4. The highest BCUT2D eigenvalue weighted by atomic mass is 16.2. The van der Waals surface area contributed by atoms with Crippen LogP contribution in [0.4, 0.5) is 5.69 Å². The van der Waals surface area contributed by atoms with Crippen molar-refractivity contribution in [1.82, 2.24) is 14.9 Å². The first-order valence-electron chi connectivity index (χ1n) is 10.6. The molecule has 2 N–H and O–H groups in total. The van der Waals surface area contributed by atoms with Gasteiger partial charge in [0.25, 0.3) is 5.56 Å². The molecule has 1 aliphatic rings. The lowest BCUT2D eigenvalue weighted by Gasteiger charge is -2.14. The fourth-order valence-electron chi connectivity index (χ4n) is 3.53. The fraction of sp³-hybridized carbons (Fsp3) is 0.333. The molecule has 0 saturated heterocycles. The second-order valence-corrected chi connectivity index (χ2v) is 8.15. The number of nitrogens with zero attached hydrogens (tertiary/aromatic N) is 2. The van der Waals surface area contributed by atoms with Crippen molar-refractivity contribution in [2.24, 2.45) is 0 Å². The summed E-state index contributed by atoms with van der Waals surface area (Å²) in [5, 5.41) is 5.83. The van der Waals surface area contributed by atoms with E-state index in [4.69, 9.17) is 0 Å². The third kappa shape index (κ3) is 4.99. The molecule has 1 fully saturated rings. The summed E-state index contributed by atoms with van der Waals surface area (Å²) < 4.78 is 1.44. The van der Waals surface area contributed by atoms with E-state index >= 15 is 0 Å². The van der Waals surface area contributed by atoms with E-state index in [0.717, 1.165) is 29.7 Å². The zero-order valence-corrected chi connectivity index (χ0v) is 17.8. The predicted molar refractivity (Wildman–Crippen MR) is 120 cm³/mol. The molecule has 0 unspecified atom stereocenters. The average molecular weight is 418 g/mol. The van der Waals surface area contributed by atoms with Crippen molar-refractivity contribution in [3.63, 3.8) is 0 Å². The molecule has 7 heteroatoms. The average Bonchev–Trinajstić information content (AvgIpc) is 3.55. The highest BCUT2D eigenvalue weighted by Gasteiger charge is 2.23. The molecule has 7 nitrogen and oxygen atoms in total. The van der Waals surface area contributed by atoms with Gasteiger partial charge in [0.15, 0.2) is 0 Å². The highest BCUT2D eigenvalue weighted by Crippen LogP contribution is 2.19. The summed E-state index contributed by atoms with van der Waals surface area (Å²) in [5.74, 6) is -0.361. The summed E-state index contributed by atoms with van der Waals surface area (Å²) in [6, 6.07) is 13.4. The number of para-hydroxylation sites is 2. The number of anilines is 1. The maximum absolute atomic E-state index is 13.1. The zero-order chi connectivity index (χ0) is 22.0. The SMILES string of the molecule is Cc1ccc(C)c(NC(=O)Cn2c(=O)c(CCC(=O)NC3CC3)nc3ccccc32)c1. The monoisotopic (exact) mass is 418 g/mol. The second-order valence-electron chi connectivity index (χ2n) is 8.15. The van der Waals surface area contributed by atoms with Crippen LogP contribution in [-0.2, 0) is 22.6 Å². The molecule has 0 spiro atoms.